The second-order valence-corrected chi connectivity index (χ2v) is 7.21. The van der Waals surface area contributed by atoms with Gasteiger partial charge in [0.05, 0.1) is 0 Å². The van der Waals surface area contributed by atoms with Crippen LogP contribution in [0.15, 0.2) is 78.9 Å². The van der Waals surface area contributed by atoms with Crippen LogP contribution in [0.4, 0.5) is 0 Å². The molecule has 0 N–H and O–H groups in total. The highest BCUT2D eigenvalue weighted by atomic mass is 15.2. The molecule has 0 fully saturated rings. The summed E-state index contributed by atoms with van der Waals surface area (Å²) in [5.41, 5.74) is 7.17. The van der Waals surface area contributed by atoms with E-state index in [-0.39, 0.29) is 0 Å². The lowest BCUT2D eigenvalue weighted by Crippen LogP contribution is -2.41. The van der Waals surface area contributed by atoms with Crippen molar-refractivity contribution in [3.8, 4) is 0 Å². The average Bonchev–Trinajstić information content (AvgIpc) is 2.65. The van der Waals surface area contributed by atoms with Crippen molar-refractivity contribution >= 4 is 0 Å². The summed E-state index contributed by atoms with van der Waals surface area (Å²) < 4.78 is 0. The van der Waals surface area contributed by atoms with E-state index in [1.807, 2.05) is 0 Å². The van der Waals surface area contributed by atoms with Gasteiger partial charge in [-0.2, -0.15) is 0 Å². The first-order valence-corrected chi connectivity index (χ1v) is 9.18. The molecule has 1 heterocycles. The van der Waals surface area contributed by atoms with Crippen molar-refractivity contribution in [2.75, 3.05) is 0 Å². The standard InChI is InChI=1S/C24H25N/c1-19-11-13-20(14-12-19)15-24-16-22-9-5-6-10-23(22)18-25(24)17-21-7-3-2-4-8-21/h2-14,24H,15-18H2,1H3. The molecule has 1 nitrogen and oxygen atoms in total. The zero-order valence-electron chi connectivity index (χ0n) is 14.9. The zero-order valence-corrected chi connectivity index (χ0v) is 14.9. The van der Waals surface area contributed by atoms with E-state index in [1.54, 1.807) is 0 Å². The Morgan fingerprint density at radius 3 is 2.20 bits per heavy atom. The first-order chi connectivity index (χ1) is 12.3. The average molecular weight is 327 g/mol. The highest BCUT2D eigenvalue weighted by Crippen LogP contribution is 2.27. The summed E-state index contributed by atoms with van der Waals surface area (Å²) in [5, 5.41) is 0. The van der Waals surface area contributed by atoms with Crippen LogP contribution < -0.4 is 0 Å². The van der Waals surface area contributed by atoms with Gasteiger partial charge in [-0.25, -0.2) is 0 Å². The van der Waals surface area contributed by atoms with E-state index in [0.717, 1.165) is 25.9 Å². The fraction of sp³-hybridized carbons (Fsp3) is 0.250. The maximum atomic E-state index is 2.65. The van der Waals surface area contributed by atoms with Gasteiger partial charge in [-0.15, -0.1) is 0 Å². The number of fused-ring (bicyclic) bond motifs is 1. The molecular weight excluding hydrogens is 302 g/mol. The minimum atomic E-state index is 0.554. The van der Waals surface area contributed by atoms with Crippen molar-refractivity contribution < 1.29 is 0 Å². The molecule has 0 bridgehead atoms. The molecule has 0 amide bonds. The van der Waals surface area contributed by atoms with Gasteiger partial charge in [-0.05, 0) is 42.0 Å². The van der Waals surface area contributed by atoms with Gasteiger partial charge >= 0.3 is 0 Å². The van der Waals surface area contributed by atoms with Gasteiger partial charge in [0.15, 0.2) is 0 Å². The SMILES string of the molecule is Cc1ccc(CC2Cc3ccccc3CN2Cc2ccccc2)cc1. The third-order valence-electron chi connectivity index (χ3n) is 5.28. The third-order valence-corrected chi connectivity index (χ3v) is 5.28. The maximum absolute atomic E-state index is 2.65. The predicted molar refractivity (Wildman–Crippen MR) is 105 cm³/mol. The first kappa shape index (κ1) is 16.1. The Morgan fingerprint density at radius 2 is 1.44 bits per heavy atom. The van der Waals surface area contributed by atoms with Gasteiger partial charge in [-0.1, -0.05) is 84.4 Å². The van der Waals surface area contributed by atoms with Crippen LogP contribution in [0.2, 0.25) is 0 Å². The van der Waals surface area contributed by atoms with Gasteiger partial charge in [0.1, 0.15) is 0 Å². The maximum Gasteiger partial charge on any atom is 0.0243 e. The molecule has 4 rings (SSSR count). The van der Waals surface area contributed by atoms with Crippen LogP contribution in [0.25, 0.3) is 0 Å². The minimum absolute atomic E-state index is 0.554. The highest BCUT2D eigenvalue weighted by Gasteiger charge is 2.26. The number of nitrogens with zero attached hydrogens (tertiary/aromatic N) is 1. The second kappa shape index (κ2) is 7.25. The number of benzene rings is 3. The summed E-state index contributed by atoms with van der Waals surface area (Å²) in [6.07, 6.45) is 2.25. The van der Waals surface area contributed by atoms with Crippen LogP contribution in [-0.4, -0.2) is 10.9 Å². The fourth-order valence-corrected chi connectivity index (χ4v) is 3.84. The molecule has 25 heavy (non-hydrogen) atoms. The lowest BCUT2D eigenvalue weighted by Gasteiger charge is -2.37. The largest absolute Gasteiger partial charge is 0.291 e. The van der Waals surface area contributed by atoms with Crippen LogP contribution in [0.5, 0.6) is 0 Å². The molecular formula is C24H25N. The summed E-state index contributed by atoms with van der Waals surface area (Å²) >= 11 is 0. The molecule has 3 aromatic carbocycles. The van der Waals surface area contributed by atoms with Gasteiger partial charge in [0, 0.05) is 19.1 Å². The van der Waals surface area contributed by atoms with Crippen molar-refractivity contribution in [2.45, 2.75) is 38.9 Å². The number of hydrogen-bond donors (Lipinski definition) is 0. The van der Waals surface area contributed by atoms with Crippen LogP contribution >= 0.6 is 0 Å². The van der Waals surface area contributed by atoms with Crippen LogP contribution in [0, 0.1) is 6.92 Å². The summed E-state index contributed by atoms with van der Waals surface area (Å²) in [6.45, 7) is 4.22. The topological polar surface area (TPSA) is 3.24 Å². The monoisotopic (exact) mass is 327 g/mol. The Balaban J connectivity index is 1.59. The highest BCUT2D eigenvalue weighted by molar-refractivity contribution is 5.32. The quantitative estimate of drug-likeness (QED) is 0.639. The Labute approximate surface area is 150 Å². The predicted octanol–water partition coefficient (Wildman–Crippen LogP) is 5.16. The molecule has 1 atom stereocenters. The molecule has 0 aliphatic carbocycles. The molecule has 0 saturated carbocycles. The normalized spacial score (nSPS) is 17.2. The van der Waals surface area contributed by atoms with Crippen molar-refractivity contribution in [3.05, 3.63) is 107 Å². The molecule has 1 aliphatic rings. The third kappa shape index (κ3) is 3.83. The van der Waals surface area contributed by atoms with E-state index >= 15 is 0 Å². The van der Waals surface area contributed by atoms with Crippen LogP contribution in [0.3, 0.4) is 0 Å². The summed E-state index contributed by atoms with van der Waals surface area (Å²) in [7, 11) is 0. The molecule has 0 saturated heterocycles. The molecule has 1 heteroatoms. The zero-order chi connectivity index (χ0) is 17.1. The Bertz CT molecular complexity index is 820. The lowest BCUT2D eigenvalue weighted by molar-refractivity contribution is 0.161. The summed E-state index contributed by atoms with van der Waals surface area (Å²) in [6, 6.07) is 29.4. The van der Waals surface area contributed by atoms with Crippen molar-refractivity contribution in [1.29, 1.82) is 0 Å². The van der Waals surface area contributed by atoms with Gasteiger partial charge < -0.3 is 0 Å². The van der Waals surface area contributed by atoms with Gasteiger partial charge in [0.2, 0.25) is 0 Å². The minimum Gasteiger partial charge on any atom is -0.291 e. The number of rotatable bonds is 4. The molecule has 0 spiro atoms. The Kier molecular flexibility index (Phi) is 4.67. The van der Waals surface area contributed by atoms with Crippen LogP contribution in [0.1, 0.15) is 27.8 Å². The second-order valence-electron chi connectivity index (χ2n) is 7.21. The Morgan fingerprint density at radius 1 is 0.760 bits per heavy atom. The molecule has 126 valence electrons. The molecule has 0 aromatic heterocycles. The molecule has 3 aromatic rings. The Hall–Kier alpha value is -2.38. The lowest BCUT2D eigenvalue weighted by atomic mass is 9.90. The first-order valence-electron chi connectivity index (χ1n) is 9.18. The van der Waals surface area contributed by atoms with Crippen LogP contribution in [-0.2, 0) is 25.9 Å². The van der Waals surface area contributed by atoms with E-state index in [2.05, 4.69) is 90.7 Å². The van der Waals surface area contributed by atoms with Gasteiger partial charge in [0.25, 0.3) is 0 Å². The van der Waals surface area contributed by atoms with E-state index in [0.29, 0.717) is 6.04 Å². The van der Waals surface area contributed by atoms with Crippen molar-refractivity contribution in [1.82, 2.24) is 4.90 Å². The van der Waals surface area contributed by atoms with E-state index in [9.17, 15) is 0 Å². The van der Waals surface area contributed by atoms with E-state index < -0.39 is 0 Å². The van der Waals surface area contributed by atoms with E-state index in [1.165, 1.54) is 27.8 Å². The summed E-state index contributed by atoms with van der Waals surface area (Å²) in [4.78, 5) is 2.65. The number of aryl methyl sites for hydroxylation is 1. The molecule has 0 radical (unpaired) electrons. The molecule has 1 aliphatic heterocycles. The van der Waals surface area contributed by atoms with Crippen molar-refractivity contribution in [2.24, 2.45) is 0 Å². The number of hydrogen-bond acceptors (Lipinski definition) is 1. The fourth-order valence-electron chi connectivity index (χ4n) is 3.84. The van der Waals surface area contributed by atoms with Crippen molar-refractivity contribution in [3.63, 3.8) is 0 Å². The summed E-state index contributed by atoms with van der Waals surface area (Å²) in [5.74, 6) is 0. The molecule has 1 unspecified atom stereocenters. The smallest absolute Gasteiger partial charge is 0.0243 e. The van der Waals surface area contributed by atoms with E-state index in [4.69, 9.17) is 0 Å². The van der Waals surface area contributed by atoms with Gasteiger partial charge in [-0.3, -0.25) is 4.90 Å².